The van der Waals surface area contributed by atoms with E-state index in [0.717, 1.165) is 12.7 Å². The van der Waals surface area contributed by atoms with Crippen molar-refractivity contribution in [3.8, 4) is 0 Å². The van der Waals surface area contributed by atoms with Crippen molar-refractivity contribution in [1.82, 2.24) is 5.32 Å². The van der Waals surface area contributed by atoms with Crippen LogP contribution in [0.1, 0.15) is 22.3 Å². The number of ketones is 1. The first-order valence-corrected chi connectivity index (χ1v) is 7.45. The van der Waals surface area contributed by atoms with Gasteiger partial charge >= 0.3 is 5.97 Å². The van der Waals surface area contributed by atoms with Crippen molar-refractivity contribution in [2.75, 3.05) is 7.11 Å². The highest BCUT2D eigenvalue weighted by Crippen LogP contribution is 2.17. The molecule has 0 amide bonds. The van der Waals surface area contributed by atoms with Gasteiger partial charge in [-0.3, -0.25) is 9.59 Å². The second-order valence-electron chi connectivity index (χ2n) is 5.31. The van der Waals surface area contributed by atoms with Crippen LogP contribution in [-0.2, 0) is 16.1 Å². The van der Waals surface area contributed by atoms with E-state index >= 15 is 0 Å². The quantitative estimate of drug-likeness (QED) is 0.473. The first-order valence-electron chi connectivity index (χ1n) is 7.45. The molecule has 0 spiro atoms. The fraction of sp³-hybridized carbons (Fsp3) is 0.222. The van der Waals surface area contributed by atoms with Crippen LogP contribution in [-0.4, -0.2) is 24.9 Å². The third-order valence-electron chi connectivity index (χ3n) is 3.59. The number of carbonyl (C=O) groups excluding carboxylic acids is 2. The number of halogens is 3. The minimum Gasteiger partial charge on any atom is -0.469 e. The van der Waals surface area contributed by atoms with Crippen molar-refractivity contribution in [2.24, 2.45) is 0 Å². The van der Waals surface area contributed by atoms with E-state index in [2.05, 4.69) is 10.1 Å². The smallest absolute Gasteiger partial charge is 0.307 e. The van der Waals surface area contributed by atoms with Crippen molar-refractivity contribution < 1.29 is 27.5 Å². The maximum Gasteiger partial charge on any atom is 0.307 e. The molecule has 4 nitrogen and oxygen atoms in total. The van der Waals surface area contributed by atoms with Crippen molar-refractivity contribution in [2.45, 2.75) is 19.0 Å². The average molecular weight is 351 g/mol. The number of esters is 1. The predicted molar refractivity (Wildman–Crippen MR) is 84.3 cm³/mol. The summed E-state index contributed by atoms with van der Waals surface area (Å²) in [6.07, 6.45) is -0.374. The zero-order valence-corrected chi connectivity index (χ0v) is 13.4. The Balaban J connectivity index is 2.23. The van der Waals surface area contributed by atoms with Crippen molar-refractivity contribution in [3.63, 3.8) is 0 Å². The molecular formula is C18H16F3NO3. The van der Waals surface area contributed by atoms with Crippen molar-refractivity contribution >= 4 is 11.8 Å². The molecule has 0 radical (unpaired) electrons. The van der Waals surface area contributed by atoms with E-state index in [4.69, 9.17) is 0 Å². The maximum atomic E-state index is 13.9. The summed E-state index contributed by atoms with van der Waals surface area (Å²) < 4.78 is 44.8. The Bertz CT molecular complexity index is 766. The lowest BCUT2D eigenvalue weighted by molar-refractivity contribution is -0.141. The van der Waals surface area contributed by atoms with Gasteiger partial charge in [0.05, 0.1) is 25.1 Å². The van der Waals surface area contributed by atoms with Crippen LogP contribution in [0.15, 0.2) is 42.5 Å². The third kappa shape index (κ3) is 4.90. The molecule has 0 aliphatic heterocycles. The summed E-state index contributed by atoms with van der Waals surface area (Å²) in [5, 5.41) is 2.83. The molecule has 0 bridgehead atoms. The molecule has 2 aromatic rings. The lowest BCUT2D eigenvalue weighted by Crippen LogP contribution is -2.39. The van der Waals surface area contributed by atoms with Gasteiger partial charge in [-0.25, -0.2) is 13.2 Å². The standard InChI is InChI=1S/C18H16F3NO3/c1-25-17(23)9-16(22-10-11-5-3-2-4-6-11)18(24)12-7-14(20)15(21)8-13(12)19/h2-8,16,22H,9-10H2,1H3. The molecule has 132 valence electrons. The molecule has 0 saturated heterocycles. The van der Waals surface area contributed by atoms with Crippen molar-refractivity contribution in [3.05, 3.63) is 71.0 Å². The van der Waals surface area contributed by atoms with Gasteiger partial charge in [0.2, 0.25) is 0 Å². The Morgan fingerprint density at radius 3 is 2.32 bits per heavy atom. The normalized spacial score (nSPS) is 11.8. The van der Waals surface area contributed by atoms with Crippen molar-refractivity contribution in [1.29, 1.82) is 0 Å². The fourth-order valence-corrected chi connectivity index (χ4v) is 2.24. The van der Waals surface area contributed by atoms with Gasteiger partial charge in [-0.2, -0.15) is 0 Å². The second kappa shape index (κ2) is 8.43. The maximum absolute atomic E-state index is 13.9. The lowest BCUT2D eigenvalue weighted by atomic mass is 10.00. The Kier molecular flexibility index (Phi) is 6.30. The zero-order valence-electron chi connectivity index (χ0n) is 13.4. The second-order valence-corrected chi connectivity index (χ2v) is 5.31. The summed E-state index contributed by atoms with van der Waals surface area (Å²) in [6.45, 7) is 0.222. The largest absolute Gasteiger partial charge is 0.469 e. The summed E-state index contributed by atoms with van der Waals surface area (Å²) in [7, 11) is 1.15. The molecule has 0 aliphatic rings. The Morgan fingerprint density at radius 1 is 1.04 bits per heavy atom. The average Bonchev–Trinajstić information content (AvgIpc) is 2.61. The van der Waals surface area contributed by atoms with Gasteiger partial charge in [0.25, 0.3) is 0 Å². The fourth-order valence-electron chi connectivity index (χ4n) is 2.24. The van der Waals surface area contributed by atoms with Crippen LogP contribution in [0.4, 0.5) is 13.2 Å². The van der Waals surface area contributed by atoms with Crippen LogP contribution in [0, 0.1) is 17.5 Å². The molecule has 1 unspecified atom stereocenters. The number of hydrogen-bond donors (Lipinski definition) is 1. The van der Waals surface area contributed by atoms with E-state index in [9.17, 15) is 22.8 Å². The number of ether oxygens (including phenoxy) is 1. The number of hydrogen-bond acceptors (Lipinski definition) is 4. The van der Waals surface area contributed by atoms with E-state index in [-0.39, 0.29) is 13.0 Å². The molecule has 0 aliphatic carbocycles. The van der Waals surface area contributed by atoms with Gasteiger partial charge in [0, 0.05) is 12.6 Å². The highest BCUT2D eigenvalue weighted by Gasteiger charge is 2.26. The minimum absolute atomic E-state index is 0.222. The van der Waals surface area contributed by atoms with Gasteiger partial charge in [-0.1, -0.05) is 30.3 Å². The van der Waals surface area contributed by atoms with Crippen LogP contribution in [0.5, 0.6) is 0 Å². The molecule has 7 heteroatoms. The Hall–Kier alpha value is -2.67. The van der Waals surface area contributed by atoms with Crippen LogP contribution in [0.2, 0.25) is 0 Å². The van der Waals surface area contributed by atoms with Gasteiger partial charge < -0.3 is 10.1 Å². The number of Topliss-reactive ketones (excluding diaryl/α,β-unsaturated/α-hetero) is 1. The first kappa shape index (κ1) is 18.7. The topological polar surface area (TPSA) is 55.4 Å². The van der Waals surface area contributed by atoms with Gasteiger partial charge in [0.1, 0.15) is 5.82 Å². The van der Waals surface area contributed by atoms with E-state index in [0.29, 0.717) is 12.1 Å². The zero-order chi connectivity index (χ0) is 18.4. The third-order valence-corrected chi connectivity index (χ3v) is 3.59. The predicted octanol–water partition coefficient (Wildman–Crippen LogP) is 3.01. The SMILES string of the molecule is COC(=O)CC(NCc1ccccc1)C(=O)c1cc(F)c(F)cc1F. The number of methoxy groups -OCH3 is 1. The van der Waals surface area contributed by atoms with E-state index in [1.54, 1.807) is 24.3 Å². The number of rotatable bonds is 7. The summed E-state index contributed by atoms with van der Waals surface area (Å²) in [4.78, 5) is 24.0. The Morgan fingerprint density at radius 2 is 1.68 bits per heavy atom. The molecule has 2 rings (SSSR count). The number of carbonyl (C=O) groups is 2. The van der Waals surface area contributed by atoms with Gasteiger partial charge in [0.15, 0.2) is 17.4 Å². The van der Waals surface area contributed by atoms with Crippen LogP contribution in [0.25, 0.3) is 0 Å². The van der Waals surface area contributed by atoms with Crippen LogP contribution >= 0.6 is 0 Å². The van der Waals surface area contributed by atoms with E-state index in [1.165, 1.54) is 0 Å². The van der Waals surface area contributed by atoms with E-state index in [1.807, 2.05) is 6.07 Å². The molecule has 1 N–H and O–H groups in total. The molecule has 0 fully saturated rings. The minimum atomic E-state index is -1.39. The lowest BCUT2D eigenvalue weighted by Gasteiger charge is -2.17. The van der Waals surface area contributed by atoms with Gasteiger partial charge in [-0.05, 0) is 11.6 Å². The summed E-state index contributed by atoms with van der Waals surface area (Å²) >= 11 is 0. The summed E-state index contributed by atoms with van der Waals surface area (Å²) in [5.74, 6) is -5.49. The van der Waals surface area contributed by atoms with Crippen LogP contribution in [0.3, 0.4) is 0 Å². The molecule has 0 heterocycles. The highest BCUT2D eigenvalue weighted by molar-refractivity contribution is 6.02. The van der Waals surface area contributed by atoms with Gasteiger partial charge in [-0.15, -0.1) is 0 Å². The summed E-state index contributed by atoms with van der Waals surface area (Å²) in [6, 6.07) is 8.64. The molecular weight excluding hydrogens is 335 g/mol. The summed E-state index contributed by atoms with van der Waals surface area (Å²) in [5.41, 5.74) is 0.198. The van der Waals surface area contributed by atoms with E-state index < -0.39 is 40.8 Å². The number of nitrogens with one attached hydrogen (secondary N) is 1. The molecule has 0 aromatic heterocycles. The Labute approximate surface area is 142 Å². The highest BCUT2D eigenvalue weighted by atomic mass is 19.2. The molecule has 0 saturated carbocycles. The number of benzene rings is 2. The van der Waals surface area contributed by atoms with Crippen LogP contribution < -0.4 is 5.32 Å². The monoisotopic (exact) mass is 351 g/mol. The molecule has 25 heavy (non-hydrogen) atoms. The first-order chi connectivity index (χ1) is 11.9. The molecule has 2 aromatic carbocycles. The molecule has 1 atom stereocenters.